The molecule has 0 aliphatic heterocycles. The Morgan fingerprint density at radius 1 is 1.53 bits per heavy atom. The van der Waals surface area contributed by atoms with Gasteiger partial charge in [0.05, 0.1) is 0 Å². The normalized spacial score (nSPS) is 14.1. The lowest BCUT2D eigenvalue weighted by Gasteiger charge is -2.21. The Labute approximate surface area is 112 Å². The summed E-state index contributed by atoms with van der Waals surface area (Å²) in [4.78, 5) is 10.9. The second kappa shape index (κ2) is 7.86. The predicted molar refractivity (Wildman–Crippen MR) is 70.6 cm³/mol. The number of ether oxygens (including phenoxy) is 1. The van der Waals surface area contributed by atoms with Crippen molar-refractivity contribution in [2.24, 2.45) is 0 Å². The summed E-state index contributed by atoms with van der Waals surface area (Å²) in [5.41, 5.74) is 0.839. The van der Waals surface area contributed by atoms with E-state index in [1.54, 1.807) is 20.1 Å². The van der Waals surface area contributed by atoms with Gasteiger partial charge in [0.2, 0.25) is 0 Å². The highest BCUT2D eigenvalue weighted by Gasteiger charge is 2.17. The second-order valence-corrected chi connectivity index (χ2v) is 4.54. The van der Waals surface area contributed by atoms with Crippen molar-refractivity contribution in [2.75, 3.05) is 13.7 Å². The average Bonchev–Trinajstić information content (AvgIpc) is 2.35. The summed E-state index contributed by atoms with van der Waals surface area (Å²) in [6.45, 7) is 2.12. The van der Waals surface area contributed by atoms with Crippen LogP contribution in [0.1, 0.15) is 18.9 Å². The van der Waals surface area contributed by atoms with Crippen LogP contribution in [0.2, 0.25) is 0 Å². The van der Waals surface area contributed by atoms with Crippen molar-refractivity contribution in [2.45, 2.75) is 31.8 Å². The third-order valence-electron chi connectivity index (χ3n) is 2.90. The maximum Gasteiger partial charge on any atom is 0.320 e. The van der Waals surface area contributed by atoms with Crippen LogP contribution in [0.4, 0.5) is 4.39 Å². The monoisotopic (exact) mass is 269 g/mol. The van der Waals surface area contributed by atoms with Crippen LogP contribution < -0.4 is 5.32 Å². The lowest BCUT2D eigenvalue weighted by Crippen LogP contribution is -2.43. The van der Waals surface area contributed by atoms with Crippen LogP contribution >= 0.6 is 0 Å². The molecule has 5 heteroatoms. The standard InChI is InChI=1S/C14H20FNO3/c1-10(14(17)18)16-13(6-7-19-2)9-11-4-3-5-12(15)8-11/h3-5,8,10,13,16H,6-7,9H2,1-2H3,(H,17,18)/t10-,13?/m0/s1. The van der Waals surface area contributed by atoms with E-state index in [-0.39, 0.29) is 11.9 Å². The molecule has 0 aliphatic rings. The van der Waals surface area contributed by atoms with Crippen LogP contribution in [-0.2, 0) is 16.0 Å². The number of hydrogen-bond acceptors (Lipinski definition) is 3. The lowest BCUT2D eigenvalue weighted by molar-refractivity contribution is -0.139. The van der Waals surface area contributed by atoms with Crippen molar-refractivity contribution in [3.8, 4) is 0 Å². The summed E-state index contributed by atoms with van der Waals surface area (Å²) < 4.78 is 18.1. The molecule has 0 amide bonds. The van der Waals surface area contributed by atoms with E-state index in [0.29, 0.717) is 19.4 Å². The number of nitrogens with one attached hydrogen (secondary N) is 1. The molecule has 0 fully saturated rings. The largest absolute Gasteiger partial charge is 0.480 e. The van der Waals surface area contributed by atoms with Gasteiger partial charge in [0.25, 0.3) is 0 Å². The van der Waals surface area contributed by atoms with Gasteiger partial charge in [0, 0.05) is 19.8 Å². The molecule has 106 valence electrons. The fourth-order valence-corrected chi connectivity index (χ4v) is 1.88. The van der Waals surface area contributed by atoms with E-state index < -0.39 is 12.0 Å². The van der Waals surface area contributed by atoms with E-state index in [1.807, 2.05) is 6.07 Å². The molecule has 1 rings (SSSR count). The first-order valence-corrected chi connectivity index (χ1v) is 6.25. The molecule has 0 aromatic heterocycles. The van der Waals surface area contributed by atoms with Crippen molar-refractivity contribution < 1.29 is 19.0 Å². The first-order valence-electron chi connectivity index (χ1n) is 6.25. The molecule has 0 radical (unpaired) electrons. The second-order valence-electron chi connectivity index (χ2n) is 4.54. The lowest BCUT2D eigenvalue weighted by atomic mass is 10.0. The van der Waals surface area contributed by atoms with E-state index in [0.717, 1.165) is 5.56 Å². The fraction of sp³-hybridized carbons (Fsp3) is 0.500. The molecule has 2 N–H and O–H groups in total. The SMILES string of the molecule is COCCC(Cc1cccc(F)c1)N[C@@H](C)C(=O)O. The molecule has 1 unspecified atom stereocenters. The van der Waals surface area contributed by atoms with Crippen LogP contribution in [0.15, 0.2) is 24.3 Å². The highest BCUT2D eigenvalue weighted by atomic mass is 19.1. The molecular formula is C14H20FNO3. The van der Waals surface area contributed by atoms with Crippen molar-refractivity contribution >= 4 is 5.97 Å². The number of carbonyl (C=O) groups is 1. The number of carboxylic acids is 1. The van der Waals surface area contributed by atoms with Gasteiger partial charge in [-0.05, 0) is 37.5 Å². The molecule has 0 aliphatic carbocycles. The molecular weight excluding hydrogens is 249 g/mol. The summed E-state index contributed by atoms with van der Waals surface area (Å²) >= 11 is 0. The minimum absolute atomic E-state index is 0.0622. The van der Waals surface area contributed by atoms with Crippen molar-refractivity contribution in [1.82, 2.24) is 5.32 Å². The number of rotatable bonds is 8. The Morgan fingerprint density at radius 2 is 2.26 bits per heavy atom. The van der Waals surface area contributed by atoms with Crippen LogP contribution in [0.5, 0.6) is 0 Å². The van der Waals surface area contributed by atoms with Crippen molar-refractivity contribution in [1.29, 1.82) is 0 Å². The van der Waals surface area contributed by atoms with Gasteiger partial charge in [0.15, 0.2) is 0 Å². The summed E-state index contributed by atoms with van der Waals surface area (Å²) in [6, 6.07) is 5.63. The zero-order valence-electron chi connectivity index (χ0n) is 11.2. The highest BCUT2D eigenvalue weighted by Crippen LogP contribution is 2.09. The Hall–Kier alpha value is -1.46. The Morgan fingerprint density at radius 3 is 2.84 bits per heavy atom. The van der Waals surface area contributed by atoms with Crippen molar-refractivity contribution in [3.63, 3.8) is 0 Å². The quantitative estimate of drug-likeness (QED) is 0.756. The molecule has 1 aromatic carbocycles. The minimum atomic E-state index is -0.901. The smallest absolute Gasteiger partial charge is 0.320 e. The number of carboxylic acid groups (broad SMARTS) is 1. The van der Waals surface area contributed by atoms with E-state index >= 15 is 0 Å². The van der Waals surface area contributed by atoms with Crippen LogP contribution in [0.25, 0.3) is 0 Å². The zero-order chi connectivity index (χ0) is 14.3. The van der Waals surface area contributed by atoms with E-state index in [1.165, 1.54) is 12.1 Å². The molecule has 0 heterocycles. The number of aliphatic carboxylic acids is 1. The maximum atomic E-state index is 13.1. The van der Waals surface area contributed by atoms with Gasteiger partial charge in [-0.3, -0.25) is 4.79 Å². The summed E-state index contributed by atoms with van der Waals surface area (Å²) in [5, 5.41) is 11.9. The summed E-state index contributed by atoms with van der Waals surface area (Å²) in [5.74, 6) is -1.18. The van der Waals surface area contributed by atoms with E-state index in [2.05, 4.69) is 5.32 Å². The van der Waals surface area contributed by atoms with Crippen LogP contribution in [0, 0.1) is 5.82 Å². The molecule has 19 heavy (non-hydrogen) atoms. The minimum Gasteiger partial charge on any atom is -0.480 e. The third-order valence-corrected chi connectivity index (χ3v) is 2.90. The van der Waals surface area contributed by atoms with Gasteiger partial charge in [-0.2, -0.15) is 0 Å². The van der Waals surface area contributed by atoms with Crippen molar-refractivity contribution in [3.05, 3.63) is 35.6 Å². The summed E-state index contributed by atoms with van der Waals surface area (Å²) in [6.07, 6.45) is 1.24. The Bertz CT molecular complexity index is 411. The predicted octanol–water partition coefficient (Wildman–Crippen LogP) is 1.84. The number of benzene rings is 1. The van der Waals surface area contributed by atoms with Gasteiger partial charge in [-0.1, -0.05) is 12.1 Å². The molecule has 0 saturated carbocycles. The number of methoxy groups -OCH3 is 1. The Balaban J connectivity index is 2.65. The van der Waals surface area contributed by atoms with Crippen LogP contribution in [0.3, 0.4) is 0 Å². The van der Waals surface area contributed by atoms with Gasteiger partial charge in [-0.25, -0.2) is 4.39 Å². The first-order chi connectivity index (χ1) is 9.02. The molecule has 2 atom stereocenters. The number of hydrogen-bond donors (Lipinski definition) is 2. The molecule has 0 saturated heterocycles. The van der Waals surface area contributed by atoms with Gasteiger partial charge >= 0.3 is 5.97 Å². The van der Waals surface area contributed by atoms with E-state index in [9.17, 15) is 9.18 Å². The van der Waals surface area contributed by atoms with Crippen LogP contribution in [-0.4, -0.2) is 36.9 Å². The van der Waals surface area contributed by atoms with Gasteiger partial charge in [-0.15, -0.1) is 0 Å². The zero-order valence-corrected chi connectivity index (χ0v) is 11.2. The van der Waals surface area contributed by atoms with Gasteiger partial charge in [0.1, 0.15) is 11.9 Å². The summed E-state index contributed by atoms with van der Waals surface area (Å²) in [7, 11) is 1.60. The highest BCUT2D eigenvalue weighted by molar-refractivity contribution is 5.72. The van der Waals surface area contributed by atoms with E-state index in [4.69, 9.17) is 9.84 Å². The molecule has 0 bridgehead atoms. The third kappa shape index (κ3) is 5.81. The molecule has 0 spiro atoms. The Kier molecular flexibility index (Phi) is 6.45. The topological polar surface area (TPSA) is 58.6 Å². The number of halogens is 1. The maximum absolute atomic E-state index is 13.1. The molecule has 1 aromatic rings. The fourth-order valence-electron chi connectivity index (χ4n) is 1.88. The first kappa shape index (κ1) is 15.6. The molecule has 4 nitrogen and oxygen atoms in total. The average molecular weight is 269 g/mol. The van der Waals surface area contributed by atoms with Gasteiger partial charge < -0.3 is 15.2 Å².